The lowest BCUT2D eigenvalue weighted by atomic mass is 10.1. The summed E-state index contributed by atoms with van der Waals surface area (Å²) >= 11 is 3.37. The molecule has 0 spiro atoms. The van der Waals surface area contributed by atoms with E-state index in [0.29, 0.717) is 17.9 Å². The molecular formula is C23H18BrN3O2. The van der Waals surface area contributed by atoms with Crippen LogP contribution in [0.1, 0.15) is 22.3 Å². The van der Waals surface area contributed by atoms with Crippen LogP contribution in [0.5, 0.6) is 5.75 Å². The van der Waals surface area contributed by atoms with Crippen molar-refractivity contribution in [3.05, 3.63) is 99.5 Å². The minimum atomic E-state index is -0.178. The SMILES string of the molecule is N#Cc1cccc(COc2ccc(/C=N/NC(=O)Cc3ccc(Br)cc3)cc2)c1. The number of nitrogens with zero attached hydrogens (tertiary/aromatic N) is 2. The molecule has 0 atom stereocenters. The summed E-state index contributed by atoms with van der Waals surface area (Å²) < 4.78 is 6.71. The van der Waals surface area contributed by atoms with Gasteiger partial charge in [0.05, 0.1) is 24.3 Å². The van der Waals surface area contributed by atoms with Crippen LogP contribution in [0.25, 0.3) is 0 Å². The summed E-state index contributed by atoms with van der Waals surface area (Å²) in [7, 11) is 0. The lowest BCUT2D eigenvalue weighted by Crippen LogP contribution is -2.19. The van der Waals surface area contributed by atoms with Gasteiger partial charge >= 0.3 is 0 Å². The number of hydrogen-bond acceptors (Lipinski definition) is 4. The Morgan fingerprint density at radius 2 is 1.83 bits per heavy atom. The highest BCUT2D eigenvalue weighted by atomic mass is 79.9. The second kappa shape index (κ2) is 10.2. The molecule has 3 aromatic carbocycles. The largest absolute Gasteiger partial charge is 0.489 e. The number of hydrazone groups is 1. The third-order valence-electron chi connectivity index (χ3n) is 4.02. The molecular weight excluding hydrogens is 430 g/mol. The van der Waals surface area contributed by atoms with Crippen molar-refractivity contribution in [3.8, 4) is 11.8 Å². The summed E-state index contributed by atoms with van der Waals surface area (Å²) in [5.41, 5.74) is 5.83. The van der Waals surface area contributed by atoms with Crippen LogP contribution in [-0.4, -0.2) is 12.1 Å². The molecule has 5 nitrogen and oxygen atoms in total. The van der Waals surface area contributed by atoms with Gasteiger partial charge in [-0.25, -0.2) is 5.43 Å². The predicted octanol–water partition coefficient (Wildman–Crippen LogP) is 4.59. The van der Waals surface area contributed by atoms with E-state index < -0.39 is 0 Å². The summed E-state index contributed by atoms with van der Waals surface area (Å²) in [4.78, 5) is 11.9. The third kappa shape index (κ3) is 6.59. The van der Waals surface area contributed by atoms with Gasteiger partial charge in [-0.15, -0.1) is 0 Å². The zero-order chi connectivity index (χ0) is 20.5. The average molecular weight is 448 g/mol. The van der Waals surface area contributed by atoms with E-state index in [0.717, 1.165) is 21.2 Å². The Morgan fingerprint density at radius 1 is 1.07 bits per heavy atom. The first-order valence-electron chi connectivity index (χ1n) is 8.90. The fourth-order valence-corrected chi connectivity index (χ4v) is 2.82. The van der Waals surface area contributed by atoms with Gasteiger partial charge in [-0.3, -0.25) is 4.79 Å². The third-order valence-corrected chi connectivity index (χ3v) is 4.55. The lowest BCUT2D eigenvalue weighted by Gasteiger charge is -2.06. The predicted molar refractivity (Wildman–Crippen MR) is 116 cm³/mol. The molecule has 0 aromatic heterocycles. The fourth-order valence-electron chi connectivity index (χ4n) is 2.55. The van der Waals surface area contributed by atoms with Crippen molar-refractivity contribution in [2.24, 2.45) is 5.10 Å². The zero-order valence-electron chi connectivity index (χ0n) is 15.5. The minimum absolute atomic E-state index is 0.178. The van der Waals surface area contributed by atoms with Gasteiger partial charge in [-0.05, 0) is 65.2 Å². The molecule has 0 saturated heterocycles. The maximum absolute atomic E-state index is 11.9. The number of carbonyl (C=O) groups excluding carboxylic acids is 1. The van der Waals surface area contributed by atoms with Crippen LogP contribution >= 0.6 is 15.9 Å². The van der Waals surface area contributed by atoms with Gasteiger partial charge in [-0.1, -0.05) is 40.2 Å². The fraction of sp³-hybridized carbons (Fsp3) is 0.0870. The van der Waals surface area contributed by atoms with Crippen molar-refractivity contribution in [2.75, 3.05) is 0 Å². The number of hydrogen-bond donors (Lipinski definition) is 1. The quantitative estimate of drug-likeness (QED) is 0.424. The number of nitriles is 1. The first-order valence-corrected chi connectivity index (χ1v) is 9.70. The standard InChI is InChI=1S/C23H18BrN3O2/c24-21-8-4-17(5-9-21)13-23(28)27-26-15-18-6-10-22(11-7-18)29-16-20-3-1-2-19(12-20)14-25/h1-12,15H,13,16H2,(H,27,28)/b26-15+. The first-order chi connectivity index (χ1) is 14.1. The molecule has 0 aliphatic rings. The summed E-state index contributed by atoms with van der Waals surface area (Å²) in [6.45, 7) is 0.384. The molecule has 6 heteroatoms. The number of amides is 1. The second-order valence-electron chi connectivity index (χ2n) is 6.27. The number of ether oxygens (including phenoxy) is 1. The van der Waals surface area contributed by atoms with Crippen molar-refractivity contribution in [3.63, 3.8) is 0 Å². The van der Waals surface area contributed by atoms with E-state index in [1.54, 1.807) is 18.3 Å². The minimum Gasteiger partial charge on any atom is -0.489 e. The van der Waals surface area contributed by atoms with Crippen LogP contribution in [0.2, 0.25) is 0 Å². The van der Waals surface area contributed by atoms with Crippen LogP contribution in [0.4, 0.5) is 0 Å². The van der Waals surface area contributed by atoms with Crippen LogP contribution in [0.3, 0.4) is 0 Å². The van der Waals surface area contributed by atoms with Crippen molar-refractivity contribution >= 4 is 28.1 Å². The Labute approximate surface area is 177 Å². The Kier molecular flexibility index (Phi) is 7.15. The van der Waals surface area contributed by atoms with E-state index in [4.69, 9.17) is 10.00 Å². The van der Waals surface area contributed by atoms with E-state index in [1.807, 2.05) is 60.7 Å². The number of rotatable bonds is 7. The molecule has 0 heterocycles. The van der Waals surface area contributed by atoms with E-state index in [9.17, 15) is 4.79 Å². The highest BCUT2D eigenvalue weighted by molar-refractivity contribution is 9.10. The number of benzene rings is 3. The number of halogens is 1. The molecule has 29 heavy (non-hydrogen) atoms. The molecule has 0 aliphatic heterocycles. The molecule has 0 aliphatic carbocycles. The van der Waals surface area contributed by atoms with Gasteiger partial charge < -0.3 is 4.74 Å². The summed E-state index contributed by atoms with van der Waals surface area (Å²) in [5, 5.41) is 12.9. The molecule has 0 fully saturated rings. The van der Waals surface area contributed by atoms with Crippen LogP contribution in [-0.2, 0) is 17.8 Å². The molecule has 0 unspecified atom stereocenters. The Balaban J connectivity index is 1.47. The van der Waals surface area contributed by atoms with Crippen LogP contribution < -0.4 is 10.2 Å². The summed E-state index contributed by atoms with van der Waals surface area (Å²) in [6.07, 6.45) is 1.85. The van der Waals surface area contributed by atoms with Crippen molar-refractivity contribution < 1.29 is 9.53 Å². The normalized spacial score (nSPS) is 10.5. The molecule has 0 saturated carbocycles. The van der Waals surface area contributed by atoms with Crippen molar-refractivity contribution in [1.82, 2.24) is 5.43 Å². The van der Waals surface area contributed by atoms with Crippen LogP contribution in [0, 0.1) is 11.3 Å². The van der Waals surface area contributed by atoms with E-state index in [-0.39, 0.29) is 12.3 Å². The highest BCUT2D eigenvalue weighted by Gasteiger charge is 2.02. The molecule has 3 rings (SSSR count). The Hall–Kier alpha value is -3.43. The molecule has 1 N–H and O–H groups in total. The topological polar surface area (TPSA) is 74.5 Å². The zero-order valence-corrected chi connectivity index (χ0v) is 17.1. The van der Waals surface area contributed by atoms with Gasteiger partial charge in [-0.2, -0.15) is 10.4 Å². The van der Waals surface area contributed by atoms with Gasteiger partial charge in [0.15, 0.2) is 0 Å². The molecule has 3 aromatic rings. The smallest absolute Gasteiger partial charge is 0.244 e. The Bertz CT molecular complexity index is 1040. The maximum atomic E-state index is 11.9. The molecule has 0 bridgehead atoms. The highest BCUT2D eigenvalue weighted by Crippen LogP contribution is 2.14. The summed E-state index contributed by atoms with van der Waals surface area (Å²) in [5.74, 6) is 0.534. The lowest BCUT2D eigenvalue weighted by molar-refractivity contribution is -0.120. The molecule has 0 radical (unpaired) electrons. The Morgan fingerprint density at radius 3 is 2.55 bits per heavy atom. The second-order valence-corrected chi connectivity index (χ2v) is 7.18. The molecule has 1 amide bonds. The van der Waals surface area contributed by atoms with Crippen molar-refractivity contribution in [2.45, 2.75) is 13.0 Å². The van der Waals surface area contributed by atoms with E-state index in [1.165, 1.54) is 0 Å². The van der Waals surface area contributed by atoms with Gasteiger partial charge in [0.25, 0.3) is 0 Å². The average Bonchev–Trinajstić information content (AvgIpc) is 2.75. The maximum Gasteiger partial charge on any atom is 0.244 e. The van der Waals surface area contributed by atoms with E-state index in [2.05, 4.69) is 32.5 Å². The van der Waals surface area contributed by atoms with Crippen molar-refractivity contribution in [1.29, 1.82) is 5.26 Å². The monoisotopic (exact) mass is 447 g/mol. The summed E-state index contributed by atoms with van der Waals surface area (Å²) in [6, 6.07) is 24.4. The van der Waals surface area contributed by atoms with Gasteiger partial charge in [0.1, 0.15) is 12.4 Å². The first kappa shape index (κ1) is 20.3. The number of carbonyl (C=O) groups is 1. The van der Waals surface area contributed by atoms with Gasteiger partial charge in [0, 0.05) is 4.47 Å². The number of nitrogens with one attached hydrogen (secondary N) is 1. The van der Waals surface area contributed by atoms with Crippen LogP contribution in [0.15, 0.2) is 82.4 Å². The molecule has 144 valence electrons. The van der Waals surface area contributed by atoms with E-state index >= 15 is 0 Å². The van der Waals surface area contributed by atoms with Gasteiger partial charge in [0.2, 0.25) is 5.91 Å².